The maximum Gasteiger partial charge on any atom is 0.249 e. The molecule has 1 N–H and O–H groups in total. The maximum atomic E-state index is 10.2. The second-order valence-corrected chi connectivity index (χ2v) is 11.0. The van der Waals surface area contributed by atoms with Gasteiger partial charge in [0.25, 0.3) is 0 Å². The lowest BCUT2D eigenvalue weighted by molar-refractivity contribution is -0.0428. The third-order valence-electron chi connectivity index (χ3n) is 9.73. The van der Waals surface area contributed by atoms with Gasteiger partial charge in [-0.2, -0.15) is 0 Å². The van der Waals surface area contributed by atoms with Crippen molar-refractivity contribution < 1.29 is 9.52 Å². The average molecular weight is 420 g/mol. The molecule has 4 aliphatic carbocycles. The molecule has 4 aliphatic rings. The Labute approximate surface area is 184 Å². The summed E-state index contributed by atoms with van der Waals surface area (Å²) in [6.07, 6.45) is 15.0. The number of allylic oxidation sites excluding steroid dienone is 1. The number of rotatable bonds is 2. The Morgan fingerprint density at radius 3 is 2.81 bits per heavy atom. The van der Waals surface area contributed by atoms with Crippen LogP contribution in [0.1, 0.15) is 77.0 Å². The molecule has 164 valence electrons. The molecule has 2 aromatic rings. The van der Waals surface area contributed by atoms with Crippen LogP contribution in [0.4, 0.5) is 0 Å². The van der Waals surface area contributed by atoms with Gasteiger partial charge in [-0.1, -0.05) is 25.5 Å². The summed E-state index contributed by atoms with van der Waals surface area (Å²) in [5.41, 5.74) is 2.96. The van der Waals surface area contributed by atoms with E-state index in [2.05, 4.69) is 35.1 Å². The zero-order valence-electron chi connectivity index (χ0n) is 18.6. The summed E-state index contributed by atoms with van der Waals surface area (Å²) in [6, 6.07) is 3.88. The number of fused-ring (bicyclic) bond motifs is 5. The number of nitrogens with zero attached hydrogens (tertiary/aromatic N) is 3. The predicted molar refractivity (Wildman–Crippen MR) is 118 cm³/mol. The van der Waals surface area contributed by atoms with Crippen molar-refractivity contribution in [3.05, 3.63) is 42.1 Å². The third-order valence-corrected chi connectivity index (χ3v) is 9.73. The SMILES string of the molecule is C[C@]12CC[C@H]3[C@@H](CC=C4C[C@@H](O)CC[C@@]43C)[C@@H]1CC[C@@H]2c1nnc(-c2cccnc2)o1. The van der Waals surface area contributed by atoms with E-state index in [-0.39, 0.29) is 11.5 Å². The Morgan fingerprint density at radius 1 is 1.06 bits per heavy atom. The molecule has 0 unspecified atom stereocenters. The van der Waals surface area contributed by atoms with Crippen molar-refractivity contribution in [1.82, 2.24) is 15.2 Å². The second kappa shape index (κ2) is 6.99. The van der Waals surface area contributed by atoms with E-state index in [1.807, 2.05) is 12.1 Å². The van der Waals surface area contributed by atoms with E-state index in [1.165, 1.54) is 25.7 Å². The van der Waals surface area contributed by atoms with E-state index in [1.54, 1.807) is 18.0 Å². The molecule has 3 saturated carbocycles. The number of aliphatic hydroxyl groups is 1. The van der Waals surface area contributed by atoms with Gasteiger partial charge >= 0.3 is 0 Å². The molecular weight excluding hydrogens is 386 g/mol. The molecule has 0 radical (unpaired) electrons. The van der Waals surface area contributed by atoms with Crippen molar-refractivity contribution in [2.24, 2.45) is 28.6 Å². The van der Waals surface area contributed by atoms with Crippen LogP contribution in [-0.4, -0.2) is 26.4 Å². The van der Waals surface area contributed by atoms with E-state index < -0.39 is 0 Å². The smallest absolute Gasteiger partial charge is 0.249 e. The van der Waals surface area contributed by atoms with Crippen LogP contribution >= 0.6 is 0 Å². The molecule has 2 heterocycles. The molecule has 0 saturated heterocycles. The van der Waals surface area contributed by atoms with Crippen LogP contribution in [0, 0.1) is 28.6 Å². The van der Waals surface area contributed by atoms with Gasteiger partial charge in [-0.15, -0.1) is 10.2 Å². The van der Waals surface area contributed by atoms with E-state index in [4.69, 9.17) is 4.42 Å². The summed E-state index contributed by atoms with van der Waals surface area (Å²) in [5.74, 6) is 3.97. The summed E-state index contributed by atoms with van der Waals surface area (Å²) >= 11 is 0. The van der Waals surface area contributed by atoms with Gasteiger partial charge < -0.3 is 9.52 Å². The standard InChI is InChI=1S/C26H33N3O2/c1-25-11-9-18(30)14-17(25)5-6-19-20-7-8-22(26(20,2)12-10-21(19)25)24-29-28-23(31-24)16-4-3-13-27-15-16/h3-5,13,15,18-22,30H,6-12,14H2,1-2H3/t18-,19-,20-,21-,22+,25-,26-/m0/s1. The van der Waals surface area contributed by atoms with Gasteiger partial charge in [-0.05, 0) is 92.1 Å². The molecule has 2 aromatic heterocycles. The van der Waals surface area contributed by atoms with E-state index >= 15 is 0 Å². The summed E-state index contributed by atoms with van der Waals surface area (Å²) < 4.78 is 6.22. The summed E-state index contributed by atoms with van der Waals surface area (Å²) in [6.45, 7) is 4.99. The van der Waals surface area contributed by atoms with Gasteiger partial charge in [-0.3, -0.25) is 4.98 Å². The van der Waals surface area contributed by atoms with Crippen LogP contribution < -0.4 is 0 Å². The van der Waals surface area contributed by atoms with Crippen molar-refractivity contribution in [2.45, 2.75) is 77.2 Å². The van der Waals surface area contributed by atoms with Crippen LogP contribution in [0.25, 0.3) is 11.5 Å². The average Bonchev–Trinajstić information content (AvgIpc) is 3.39. The van der Waals surface area contributed by atoms with Gasteiger partial charge in [0.1, 0.15) is 0 Å². The number of hydrogen-bond donors (Lipinski definition) is 1. The molecule has 7 atom stereocenters. The minimum Gasteiger partial charge on any atom is -0.420 e. The highest BCUT2D eigenvalue weighted by Crippen LogP contribution is 2.67. The fourth-order valence-corrected chi connectivity index (χ4v) is 8.03. The van der Waals surface area contributed by atoms with E-state index in [0.29, 0.717) is 23.1 Å². The molecule has 6 rings (SSSR count). The number of pyridine rings is 1. The second-order valence-electron chi connectivity index (χ2n) is 11.0. The number of hydrogen-bond acceptors (Lipinski definition) is 5. The third kappa shape index (κ3) is 2.88. The van der Waals surface area contributed by atoms with Crippen LogP contribution in [0.2, 0.25) is 0 Å². The molecule has 0 amide bonds. The molecule has 0 aliphatic heterocycles. The summed E-state index contributed by atoms with van der Waals surface area (Å²) in [4.78, 5) is 4.19. The summed E-state index contributed by atoms with van der Waals surface area (Å²) in [7, 11) is 0. The van der Waals surface area contributed by atoms with Crippen molar-refractivity contribution >= 4 is 0 Å². The molecule has 0 aromatic carbocycles. The lowest BCUT2D eigenvalue weighted by Crippen LogP contribution is -2.50. The lowest BCUT2D eigenvalue weighted by atomic mass is 9.47. The maximum absolute atomic E-state index is 10.2. The Hall–Kier alpha value is -2.01. The van der Waals surface area contributed by atoms with Crippen LogP contribution in [-0.2, 0) is 0 Å². The zero-order valence-corrected chi connectivity index (χ0v) is 18.6. The quantitative estimate of drug-likeness (QED) is 0.647. The lowest BCUT2D eigenvalue weighted by Gasteiger charge is -2.57. The fraction of sp³-hybridized carbons (Fsp3) is 0.654. The molecular formula is C26H33N3O2. The van der Waals surface area contributed by atoms with Crippen molar-refractivity contribution in [2.75, 3.05) is 0 Å². The largest absolute Gasteiger partial charge is 0.420 e. The molecule has 5 heteroatoms. The van der Waals surface area contributed by atoms with Crippen LogP contribution in [0.15, 0.2) is 40.6 Å². The van der Waals surface area contributed by atoms with Gasteiger partial charge in [0.05, 0.1) is 11.7 Å². The monoisotopic (exact) mass is 419 g/mol. The molecule has 3 fully saturated rings. The Balaban J connectivity index is 1.29. The van der Waals surface area contributed by atoms with E-state index in [9.17, 15) is 5.11 Å². The highest BCUT2D eigenvalue weighted by molar-refractivity contribution is 5.50. The minimum absolute atomic E-state index is 0.132. The Morgan fingerprint density at radius 2 is 1.97 bits per heavy atom. The minimum atomic E-state index is -0.132. The van der Waals surface area contributed by atoms with Crippen LogP contribution in [0.3, 0.4) is 0 Å². The van der Waals surface area contributed by atoms with Crippen molar-refractivity contribution in [3.8, 4) is 11.5 Å². The highest BCUT2D eigenvalue weighted by atomic mass is 16.4. The first kappa shape index (κ1) is 19.7. The van der Waals surface area contributed by atoms with Gasteiger partial charge in [0.15, 0.2) is 0 Å². The van der Waals surface area contributed by atoms with Crippen molar-refractivity contribution in [3.63, 3.8) is 0 Å². The molecule has 0 spiro atoms. The first-order valence-corrected chi connectivity index (χ1v) is 12.1. The number of aliphatic hydroxyl groups excluding tert-OH is 1. The molecule has 31 heavy (non-hydrogen) atoms. The van der Waals surface area contributed by atoms with Gasteiger partial charge in [0.2, 0.25) is 11.8 Å². The van der Waals surface area contributed by atoms with E-state index in [0.717, 1.165) is 49.0 Å². The molecule has 5 nitrogen and oxygen atoms in total. The topological polar surface area (TPSA) is 72.0 Å². The first-order chi connectivity index (χ1) is 15.0. The van der Waals surface area contributed by atoms with Gasteiger partial charge in [0, 0.05) is 18.3 Å². The van der Waals surface area contributed by atoms with Gasteiger partial charge in [-0.25, -0.2) is 0 Å². The molecule has 0 bridgehead atoms. The number of aromatic nitrogens is 3. The zero-order chi connectivity index (χ0) is 21.2. The summed E-state index contributed by atoms with van der Waals surface area (Å²) in [5, 5.41) is 19.1. The van der Waals surface area contributed by atoms with Crippen LogP contribution in [0.5, 0.6) is 0 Å². The predicted octanol–water partition coefficient (Wildman–Crippen LogP) is 5.54. The normalized spacial score (nSPS) is 41.8. The Bertz CT molecular complexity index is 1000. The Kier molecular flexibility index (Phi) is 4.44. The first-order valence-electron chi connectivity index (χ1n) is 12.1. The fourth-order valence-electron chi connectivity index (χ4n) is 8.03. The van der Waals surface area contributed by atoms with Crippen molar-refractivity contribution in [1.29, 1.82) is 0 Å². The highest BCUT2D eigenvalue weighted by Gasteiger charge is 2.59.